The second-order valence-corrected chi connectivity index (χ2v) is 7.17. The average Bonchev–Trinajstić information content (AvgIpc) is 2.46. The lowest BCUT2D eigenvalue weighted by Crippen LogP contribution is -2.49. The van der Waals surface area contributed by atoms with Crippen LogP contribution in [-0.4, -0.2) is 23.5 Å². The topological polar surface area (TPSA) is 66.4 Å². The monoisotopic (exact) mass is 381 g/mol. The summed E-state index contributed by atoms with van der Waals surface area (Å²) in [6.07, 6.45) is 6.64. The largest absolute Gasteiger partial charge is 0.481 e. The number of carbonyl (C=O) groups excluding carboxylic acids is 1. The Morgan fingerprint density at radius 1 is 1.09 bits per heavy atom. The molecule has 0 bridgehead atoms. The summed E-state index contributed by atoms with van der Waals surface area (Å²) >= 11 is 3.43. The fourth-order valence-electron chi connectivity index (χ4n) is 3.07. The van der Waals surface area contributed by atoms with E-state index in [0.717, 1.165) is 48.6 Å². The van der Waals surface area contributed by atoms with E-state index in [1.54, 1.807) is 0 Å². The molecule has 1 aliphatic rings. The number of amides is 1. The van der Waals surface area contributed by atoms with Crippen LogP contribution in [0.15, 0.2) is 28.7 Å². The number of halogens is 1. The van der Waals surface area contributed by atoms with Crippen LogP contribution in [0.25, 0.3) is 0 Å². The minimum Gasteiger partial charge on any atom is -0.481 e. The second-order valence-electron chi connectivity index (χ2n) is 6.26. The van der Waals surface area contributed by atoms with Crippen molar-refractivity contribution in [1.82, 2.24) is 5.32 Å². The number of unbranched alkanes of at least 4 members (excludes halogenated alkanes) is 3. The first-order chi connectivity index (χ1) is 11.0. The van der Waals surface area contributed by atoms with Gasteiger partial charge in [-0.25, -0.2) is 0 Å². The van der Waals surface area contributed by atoms with Crippen LogP contribution in [0.2, 0.25) is 0 Å². The third-order valence-corrected chi connectivity index (χ3v) is 5.17. The van der Waals surface area contributed by atoms with Crippen LogP contribution in [0.3, 0.4) is 0 Å². The fourth-order valence-corrected chi connectivity index (χ4v) is 3.34. The Morgan fingerprint density at radius 3 is 2.30 bits per heavy atom. The Labute approximate surface area is 145 Å². The summed E-state index contributed by atoms with van der Waals surface area (Å²) in [5, 5.41) is 11.6. The Hall–Kier alpha value is -1.36. The van der Waals surface area contributed by atoms with Crippen LogP contribution in [0.4, 0.5) is 0 Å². The molecule has 126 valence electrons. The predicted octanol–water partition coefficient (Wildman–Crippen LogP) is 4.02. The normalized spacial score (nSPS) is 15.7. The maximum Gasteiger partial charge on any atom is 0.303 e. The number of benzene rings is 1. The van der Waals surface area contributed by atoms with Crippen LogP contribution in [-0.2, 0) is 15.0 Å². The molecule has 5 heteroatoms. The first kappa shape index (κ1) is 18.0. The van der Waals surface area contributed by atoms with Gasteiger partial charge in [-0.2, -0.15) is 0 Å². The lowest BCUT2D eigenvalue weighted by atomic mass is 9.64. The molecule has 1 aromatic carbocycles. The van der Waals surface area contributed by atoms with Crippen LogP contribution in [0.5, 0.6) is 0 Å². The zero-order chi connectivity index (χ0) is 16.7. The van der Waals surface area contributed by atoms with Gasteiger partial charge in [0.1, 0.15) is 0 Å². The van der Waals surface area contributed by atoms with E-state index in [2.05, 4.69) is 21.2 Å². The quantitative estimate of drug-likeness (QED) is 0.634. The fraction of sp³-hybridized carbons (Fsp3) is 0.556. The number of rotatable bonds is 9. The molecular weight excluding hydrogens is 358 g/mol. The Bertz CT molecular complexity index is 538. The highest BCUT2D eigenvalue weighted by molar-refractivity contribution is 9.10. The van der Waals surface area contributed by atoms with Gasteiger partial charge in [-0.3, -0.25) is 9.59 Å². The lowest BCUT2D eigenvalue weighted by Gasteiger charge is -2.40. The van der Waals surface area contributed by atoms with Crippen molar-refractivity contribution in [2.75, 3.05) is 6.54 Å². The standard InChI is InChI=1S/C18H24BrNO3/c19-15-9-7-14(8-10-15)18(11-5-12-18)17(23)20-13-4-2-1-3-6-16(21)22/h7-10H,1-6,11-13H2,(H,20,23)(H,21,22). The molecule has 1 fully saturated rings. The second kappa shape index (κ2) is 8.48. The molecule has 2 N–H and O–H groups in total. The Morgan fingerprint density at radius 2 is 1.74 bits per heavy atom. The summed E-state index contributed by atoms with van der Waals surface area (Å²) in [6.45, 7) is 0.671. The molecule has 0 radical (unpaired) electrons. The number of hydrogen-bond acceptors (Lipinski definition) is 2. The predicted molar refractivity (Wildman–Crippen MR) is 93.4 cm³/mol. The maximum absolute atomic E-state index is 12.6. The van der Waals surface area contributed by atoms with E-state index in [-0.39, 0.29) is 17.7 Å². The van der Waals surface area contributed by atoms with Crippen molar-refractivity contribution >= 4 is 27.8 Å². The van der Waals surface area contributed by atoms with Crippen molar-refractivity contribution < 1.29 is 14.7 Å². The summed E-state index contributed by atoms with van der Waals surface area (Å²) in [6, 6.07) is 8.06. The summed E-state index contributed by atoms with van der Waals surface area (Å²) in [5.41, 5.74) is 0.759. The van der Waals surface area contributed by atoms with E-state index in [9.17, 15) is 9.59 Å². The van der Waals surface area contributed by atoms with Gasteiger partial charge in [-0.05, 0) is 43.4 Å². The number of hydrogen-bond donors (Lipinski definition) is 2. The first-order valence-corrected chi connectivity index (χ1v) is 9.10. The number of carboxylic acids is 1. The van der Waals surface area contributed by atoms with Gasteiger partial charge in [0.05, 0.1) is 5.41 Å². The number of aliphatic carboxylic acids is 1. The lowest BCUT2D eigenvalue weighted by molar-refractivity contribution is -0.137. The van der Waals surface area contributed by atoms with Gasteiger partial charge in [0.25, 0.3) is 0 Å². The first-order valence-electron chi connectivity index (χ1n) is 8.31. The van der Waals surface area contributed by atoms with Gasteiger partial charge in [-0.15, -0.1) is 0 Å². The Balaban J connectivity index is 1.75. The van der Waals surface area contributed by atoms with Crippen LogP contribution < -0.4 is 5.32 Å². The molecule has 0 spiro atoms. The molecule has 1 saturated carbocycles. The summed E-state index contributed by atoms with van der Waals surface area (Å²) in [7, 11) is 0. The third-order valence-electron chi connectivity index (χ3n) is 4.64. The van der Waals surface area contributed by atoms with E-state index in [0.29, 0.717) is 13.0 Å². The maximum atomic E-state index is 12.6. The summed E-state index contributed by atoms with van der Waals surface area (Å²) < 4.78 is 1.03. The van der Waals surface area contributed by atoms with Crippen molar-refractivity contribution in [3.05, 3.63) is 34.3 Å². The molecule has 0 aliphatic heterocycles. The van der Waals surface area contributed by atoms with Gasteiger partial charge < -0.3 is 10.4 Å². The van der Waals surface area contributed by atoms with Crippen LogP contribution in [0, 0.1) is 0 Å². The highest BCUT2D eigenvalue weighted by atomic mass is 79.9. The van der Waals surface area contributed by atoms with E-state index in [4.69, 9.17) is 5.11 Å². The number of carboxylic acid groups (broad SMARTS) is 1. The molecule has 0 atom stereocenters. The SMILES string of the molecule is O=C(O)CCCCCCNC(=O)C1(c2ccc(Br)cc2)CCC1. The molecular formula is C18H24BrNO3. The number of nitrogens with one attached hydrogen (secondary N) is 1. The van der Waals surface area contributed by atoms with Crippen LogP contribution >= 0.6 is 15.9 Å². The summed E-state index contributed by atoms with van der Waals surface area (Å²) in [5.74, 6) is -0.601. The Kier molecular flexibility index (Phi) is 6.63. The van der Waals surface area contributed by atoms with Gasteiger partial charge >= 0.3 is 5.97 Å². The highest BCUT2D eigenvalue weighted by Crippen LogP contribution is 2.44. The van der Waals surface area contributed by atoms with Crippen molar-refractivity contribution in [3.8, 4) is 0 Å². The van der Waals surface area contributed by atoms with E-state index >= 15 is 0 Å². The zero-order valence-electron chi connectivity index (χ0n) is 13.3. The van der Waals surface area contributed by atoms with Crippen molar-refractivity contribution in [2.24, 2.45) is 0 Å². The molecule has 2 rings (SSSR count). The van der Waals surface area contributed by atoms with Crippen molar-refractivity contribution in [1.29, 1.82) is 0 Å². The van der Waals surface area contributed by atoms with Gasteiger partial charge in [0.15, 0.2) is 0 Å². The minimum atomic E-state index is -0.736. The van der Waals surface area contributed by atoms with Crippen LogP contribution in [0.1, 0.15) is 56.9 Å². The van der Waals surface area contributed by atoms with Gasteiger partial charge in [0, 0.05) is 17.4 Å². The molecule has 0 saturated heterocycles. The smallest absolute Gasteiger partial charge is 0.303 e. The van der Waals surface area contributed by atoms with Gasteiger partial charge in [-0.1, -0.05) is 47.3 Å². The molecule has 1 aliphatic carbocycles. The van der Waals surface area contributed by atoms with E-state index in [1.807, 2.05) is 24.3 Å². The molecule has 0 heterocycles. The summed E-state index contributed by atoms with van der Waals surface area (Å²) in [4.78, 5) is 23.0. The van der Waals surface area contributed by atoms with E-state index in [1.165, 1.54) is 0 Å². The van der Waals surface area contributed by atoms with Gasteiger partial charge in [0.2, 0.25) is 5.91 Å². The molecule has 23 heavy (non-hydrogen) atoms. The average molecular weight is 382 g/mol. The molecule has 0 unspecified atom stereocenters. The highest BCUT2D eigenvalue weighted by Gasteiger charge is 2.45. The zero-order valence-corrected chi connectivity index (χ0v) is 14.9. The van der Waals surface area contributed by atoms with E-state index < -0.39 is 5.97 Å². The molecule has 0 aromatic heterocycles. The number of carbonyl (C=O) groups is 2. The van der Waals surface area contributed by atoms with Crippen molar-refractivity contribution in [3.63, 3.8) is 0 Å². The third kappa shape index (κ3) is 4.80. The molecule has 4 nitrogen and oxygen atoms in total. The minimum absolute atomic E-state index is 0.136. The molecule has 1 amide bonds. The molecule has 1 aromatic rings. The van der Waals surface area contributed by atoms with Crippen molar-refractivity contribution in [2.45, 2.75) is 56.8 Å².